The summed E-state index contributed by atoms with van der Waals surface area (Å²) in [7, 11) is 0. The molecule has 1 N–H and O–H groups in total. The summed E-state index contributed by atoms with van der Waals surface area (Å²) in [6.07, 6.45) is 1.25. The van der Waals surface area contributed by atoms with Crippen LogP contribution in [0.25, 0.3) is 11.4 Å². The zero-order valence-electron chi connectivity index (χ0n) is 17.9. The van der Waals surface area contributed by atoms with Gasteiger partial charge in [-0.2, -0.15) is 4.98 Å². The van der Waals surface area contributed by atoms with E-state index in [1.165, 1.54) is 5.56 Å². The van der Waals surface area contributed by atoms with Crippen molar-refractivity contribution < 1.29 is 14.1 Å². The number of aryl methyl sites for hydroxylation is 1. The molecule has 1 fully saturated rings. The van der Waals surface area contributed by atoms with Crippen LogP contribution in [0.4, 0.5) is 0 Å². The van der Waals surface area contributed by atoms with Crippen molar-refractivity contribution in [3.63, 3.8) is 0 Å². The predicted octanol–water partition coefficient (Wildman–Crippen LogP) is 3.02. The molecule has 2 aromatic rings. The summed E-state index contributed by atoms with van der Waals surface area (Å²) in [5, 5.41) is 7.01. The van der Waals surface area contributed by atoms with Gasteiger partial charge < -0.3 is 14.6 Å². The maximum absolute atomic E-state index is 12.1. The van der Waals surface area contributed by atoms with E-state index in [0.717, 1.165) is 25.2 Å². The lowest BCUT2D eigenvalue weighted by Crippen LogP contribution is -2.47. The Kier molecular flexibility index (Phi) is 7.39. The van der Waals surface area contributed by atoms with Crippen molar-refractivity contribution in [3.8, 4) is 11.4 Å². The van der Waals surface area contributed by atoms with Gasteiger partial charge in [-0.1, -0.05) is 43.3 Å². The van der Waals surface area contributed by atoms with E-state index in [9.17, 15) is 4.79 Å². The van der Waals surface area contributed by atoms with E-state index in [0.29, 0.717) is 37.0 Å². The number of rotatable bonds is 8. The second kappa shape index (κ2) is 9.98. The minimum absolute atomic E-state index is 0.000364. The Hall–Kier alpha value is -2.25. The van der Waals surface area contributed by atoms with Crippen LogP contribution in [0.3, 0.4) is 0 Å². The van der Waals surface area contributed by atoms with E-state index >= 15 is 0 Å². The van der Waals surface area contributed by atoms with Gasteiger partial charge in [-0.3, -0.25) is 9.69 Å². The van der Waals surface area contributed by atoms with Gasteiger partial charge in [0.25, 0.3) is 0 Å². The third-order valence-electron chi connectivity index (χ3n) is 5.11. The summed E-state index contributed by atoms with van der Waals surface area (Å²) in [5.74, 6) is 1.53. The monoisotopic (exact) mass is 400 g/mol. The molecule has 1 aliphatic rings. The molecule has 0 radical (unpaired) electrons. The van der Waals surface area contributed by atoms with Crippen molar-refractivity contribution in [3.05, 3.63) is 35.7 Å². The number of hydrogen-bond acceptors (Lipinski definition) is 6. The quantitative estimate of drug-likeness (QED) is 0.734. The first kappa shape index (κ1) is 21.5. The van der Waals surface area contributed by atoms with Crippen LogP contribution in [0.1, 0.15) is 51.5 Å². The van der Waals surface area contributed by atoms with E-state index in [1.807, 2.05) is 12.1 Å². The van der Waals surface area contributed by atoms with Crippen molar-refractivity contribution in [1.29, 1.82) is 0 Å². The maximum Gasteiger partial charge on any atom is 0.227 e. The smallest absolute Gasteiger partial charge is 0.227 e. The number of amides is 1. The lowest BCUT2D eigenvalue weighted by atomic mass is 10.0. The second-order valence-corrected chi connectivity index (χ2v) is 8.16. The summed E-state index contributed by atoms with van der Waals surface area (Å²) in [5.41, 5.74) is 2.19. The number of nitrogens with zero attached hydrogens (tertiary/aromatic N) is 3. The van der Waals surface area contributed by atoms with Crippen LogP contribution in [0.5, 0.6) is 0 Å². The summed E-state index contributed by atoms with van der Waals surface area (Å²) < 4.78 is 11.0. The SMILES string of the molecule is CC1CN(CCNC(=O)CCc2nc(-c3ccc(C(C)C)cc3)no2)CC(C)O1. The minimum atomic E-state index is 0.000364. The van der Waals surface area contributed by atoms with Crippen molar-refractivity contribution in [2.75, 3.05) is 26.2 Å². The van der Waals surface area contributed by atoms with E-state index in [1.54, 1.807) is 0 Å². The van der Waals surface area contributed by atoms with Gasteiger partial charge in [0.15, 0.2) is 0 Å². The van der Waals surface area contributed by atoms with Crippen LogP contribution < -0.4 is 5.32 Å². The highest BCUT2D eigenvalue weighted by Crippen LogP contribution is 2.20. The highest BCUT2D eigenvalue weighted by atomic mass is 16.5. The standard InChI is InChI=1S/C22H32N4O3/c1-15(2)18-5-7-19(8-6-18)22-24-21(29-25-22)10-9-20(27)23-11-12-26-13-16(3)28-17(4)14-26/h5-8,15-17H,9-14H2,1-4H3,(H,23,27). The van der Waals surface area contributed by atoms with E-state index < -0.39 is 0 Å². The normalized spacial score (nSPS) is 20.2. The van der Waals surface area contributed by atoms with Crippen LogP contribution >= 0.6 is 0 Å². The molecule has 1 saturated heterocycles. The van der Waals surface area contributed by atoms with Gasteiger partial charge in [0.05, 0.1) is 12.2 Å². The first-order valence-corrected chi connectivity index (χ1v) is 10.5. The predicted molar refractivity (Wildman–Crippen MR) is 112 cm³/mol. The molecule has 1 amide bonds. The molecule has 2 unspecified atom stereocenters. The lowest BCUT2D eigenvalue weighted by molar-refractivity contribution is -0.121. The van der Waals surface area contributed by atoms with E-state index in [2.05, 4.69) is 60.2 Å². The van der Waals surface area contributed by atoms with Crippen molar-refractivity contribution in [1.82, 2.24) is 20.4 Å². The molecule has 158 valence electrons. The third-order valence-corrected chi connectivity index (χ3v) is 5.11. The zero-order valence-corrected chi connectivity index (χ0v) is 17.9. The number of nitrogens with one attached hydrogen (secondary N) is 1. The van der Waals surface area contributed by atoms with Crippen LogP contribution in [-0.4, -0.2) is 59.3 Å². The molecule has 2 atom stereocenters. The molecule has 7 heteroatoms. The Bertz CT molecular complexity index is 778. The molecular formula is C22H32N4O3. The van der Waals surface area contributed by atoms with Crippen LogP contribution in [-0.2, 0) is 16.0 Å². The van der Waals surface area contributed by atoms with Gasteiger partial charge in [-0.05, 0) is 25.3 Å². The van der Waals surface area contributed by atoms with Crippen LogP contribution in [0, 0.1) is 0 Å². The molecule has 0 bridgehead atoms. The van der Waals surface area contributed by atoms with Crippen LogP contribution in [0.2, 0.25) is 0 Å². The first-order chi connectivity index (χ1) is 13.9. The fourth-order valence-electron chi connectivity index (χ4n) is 3.62. The number of carbonyl (C=O) groups excluding carboxylic acids is 1. The second-order valence-electron chi connectivity index (χ2n) is 8.16. The van der Waals surface area contributed by atoms with E-state index in [4.69, 9.17) is 9.26 Å². The van der Waals surface area contributed by atoms with E-state index in [-0.39, 0.29) is 18.1 Å². The number of ether oxygens (including phenoxy) is 1. The topological polar surface area (TPSA) is 80.5 Å². The van der Waals surface area contributed by atoms with Gasteiger partial charge in [0.2, 0.25) is 17.6 Å². The number of aromatic nitrogens is 2. The Morgan fingerprint density at radius 3 is 2.55 bits per heavy atom. The Morgan fingerprint density at radius 1 is 1.21 bits per heavy atom. The minimum Gasteiger partial charge on any atom is -0.373 e. The summed E-state index contributed by atoms with van der Waals surface area (Å²) in [4.78, 5) is 18.9. The van der Waals surface area contributed by atoms with Gasteiger partial charge in [0.1, 0.15) is 0 Å². The average molecular weight is 401 g/mol. The Labute approximate surface area is 172 Å². The Balaban J connectivity index is 1.40. The van der Waals surface area contributed by atoms with Gasteiger partial charge in [-0.15, -0.1) is 0 Å². The fraction of sp³-hybridized carbons (Fsp3) is 0.591. The number of morpholine rings is 1. The molecule has 3 rings (SSSR count). The molecule has 1 aromatic carbocycles. The first-order valence-electron chi connectivity index (χ1n) is 10.5. The molecule has 29 heavy (non-hydrogen) atoms. The van der Waals surface area contributed by atoms with Crippen molar-refractivity contribution in [2.24, 2.45) is 0 Å². The molecule has 1 aliphatic heterocycles. The molecule has 0 spiro atoms. The summed E-state index contributed by atoms with van der Waals surface area (Å²) in [6.45, 7) is 11.8. The zero-order chi connectivity index (χ0) is 20.8. The number of carbonyl (C=O) groups is 1. The molecule has 7 nitrogen and oxygen atoms in total. The van der Waals surface area contributed by atoms with Gasteiger partial charge in [-0.25, -0.2) is 0 Å². The van der Waals surface area contributed by atoms with Crippen molar-refractivity contribution in [2.45, 2.75) is 58.7 Å². The average Bonchev–Trinajstić information content (AvgIpc) is 3.15. The number of benzene rings is 1. The van der Waals surface area contributed by atoms with Crippen molar-refractivity contribution >= 4 is 5.91 Å². The summed E-state index contributed by atoms with van der Waals surface area (Å²) >= 11 is 0. The number of hydrogen-bond donors (Lipinski definition) is 1. The maximum atomic E-state index is 12.1. The molecule has 0 saturated carbocycles. The molecule has 2 heterocycles. The molecular weight excluding hydrogens is 368 g/mol. The van der Waals surface area contributed by atoms with Gasteiger partial charge >= 0.3 is 0 Å². The summed E-state index contributed by atoms with van der Waals surface area (Å²) in [6, 6.07) is 8.17. The highest BCUT2D eigenvalue weighted by molar-refractivity contribution is 5.76. The fourth-order valence-corrected chi connectivity index (χ4v) is 3.62. The lowest BCUT2D eigenvalue weighted by Gasteiger charge is -2.35. The molecule has 1 aromatic heterocycles. The van der Waals surface area contributed by atoms with Crippen LogP contribution in [0.15, 0.2) is 28.8 Å². The third kappa shape index (κ3) is 6.37. The Morgan fingerprint density at radius 2 is 1.90 bits per heavy atom. The largest absolute Gasteiger partial charge is 0.373 e. The molecule has 0 aliphatic carbocycles. The van der Waals surface area contributed by atoms with Gasteiger partial charge in [0, 0.05) is 44.6 Å². The highest BCUT2D eigenvalue weighted by Gasteiger charge is 2.21.